The fourth-order valence-corrected chi connectivity index (χ4v) is 12.3. The molecule has 3 N–H and O–H groups in total. The third-order valence-electron chi connectivity index (χ3n) is 15.1. The molecule has 16 heteroatoms. The van der Waals surface area contributed by atoms with Gasteiger partial charge in [0, 0.05) is 17.9 Å². The van der Waals surface area contributed by atoms with E-state index in [1.165, 1.54) is 5.56 Å². The second-order valence-corrected chi connectivity index (χ2v) is 23.8. The number of benzene rings is 1. The lowest BCUT2D eigenvalue weighted by molar-refractivity contribution is -0.225. The maximum Gasteiger partial charge on any atom is 0.408 e. The average molecular weight is 969 g/mol. The Bertz CT molecular complexity index is 1940. The van der Waals surface area contributed by atoms with Crippen LogP contribution in [-0.2, 0) is 49.3 Å². The van der Waals surface area contributed by atoms with Crippen LogP contribution in [0.1, 0.15) is 146 Å². The van der Waals surface area contributed by atoms with Crippen molar-refractivity contribution < 1.29 is 57.2 Å². The molecule has 388 valence electrons. The first-order valence-electron chi connectivity index (χ1n) is 25.3. The summed E-state index contributed by atoms with van der Waals surface area (Å²) in [6.07, 6.45) is 2.92. The molecular formula is C53H84N4O12. The van der Waals surface area contributed by atoms with Gasteiger partial charge >= 0.3 is 36.2 Å². The van der Waals surface area contributed by atoms with E-state index in [4.69, 9.17) is 28.4 Å². The standard InChI is InChI=1S/C53H84N4O12/c1-33(18-17-25-57(13)32-34-19-15-14-16-20-34)37-21-22-38-45-39(28-41(53(37,38)12)66-44(60)31-56-48(63)69-51(8,9)10)52(11)24-23-36(64-42(58)29-54-46(61)67-49(2,3)4)26-35(52)27-40(45)65-43(59)30-55-47(62)68-50(5,6)7/h14-16,19-20,33,35-41,45H,17-18,21-32H2,1-13H3,(H,54,61)(H,55,62)(H,56,63)/t33-,35?,36+,37+,38-,39-,40+,41-,45?,52-,53+/m0/s1. The molecule has 0 bridgehead atoms. The Morgan fingerprint density at radius 2 is 1.20 bits per heavy atom. The summed E-state index contributed by atoms with van der Waals surface area (Å²) < 4.78 is 35.2. The largest absolute Gasteiger partial charge is 0.461 e. The molecule has 4 aliphatic rings. The Morgan fingerprint density at radius 3 is 1.74 bits per heavy atom. The summed E-state index contributed by atoms with van der Waals surface area (Å²) in [5, 5.41) is 7.66. The van der Waals surface area contributed by atoms with E-state index in [9.17, 15) is 28.8 Å². The first-order chi connectivity index (χ1) is 32.1. The minimum absolute atomic E-state index is 0.00457. The fourth-order valence-electron chi connectivity index (χ4n) is 12.3. The van der Waals surface area contributed by atoms with Crippen LogP contribution in [-0.4, -0.2) is 109 Å². The van der Waals surface area contributed by atoms with Gasteiger partial charge in [-0.05, 0) is 174 Å². The summed E-state index contributed by atoms with van der Waals surface area (Å²) in [5.41, 5.74) is -1.78. The molecule has 4 saturated carbocycles. The first-order valence-corrected chi connectivity index (χ1v) is 25.3. The monoisotopic (exact) mass is 969 g/mol. The van der Waals surface area contributed by atoms with Gasteiger partial charge in [-0.15, -0.1) is 0 Å². The predicted octanol–water partition coefficient (Wildman–Crippen LogP) is 8.72. The zero-order valence-corrected chi connectivity index (χ0v) is 43.8. The number of amides is 3. The summed E-state index contributed by atoms with van der Waals surface area (Å²) in [6, 6.07) is 10.4. The molecule has 2 unspecified atom stereocenters. The van der Waals surface area contributed by atoms with Crippen LogP contribution in [0.2, 0.25) is 0 Å². The summed E-state index contributed by atoms with van der Waals surface area (Å²) >= 11 is 0. The second-order valence-electron chi connectivity index (χ2n) is 23.8. The van der Waals surface area contributed by atoms with Gasteiger partial charge in [-0.3, -0.25) is 14.4 Å². The maximum absolute atomic E-state index is 13.9. The quantitative estimate of drug-likeness (QED) is 0.105. The molecule has 4 fully saturated rings. The molecule has 0 aromatic heterocycles. The Morgan fingerprint density at radius 1 is 0.681 bits per heavy atom. The number of ether oxygens (including phenoxy) is 6. The second kappa shape index (κ2) is 22.6. The van der Waals surface area contributed by atoms with Crippen molar-refractivity contribution in [1.82, 2.24) is 20.9 Å². The van der Waals surface area contributed by atoms with Gasteiger partial charge in [-0.2, -0.15) is 0 Å². The van der Waals surface area contributed by atoms with Crippen LogP contribution in [0, 0.1) is 46.3 Å². The lowest BCUT2D eigenvalue weighted by atomic mass is 9.43. The molecule has 4 aliphatic carbocycles. The smallest absolute Gasteiger partial charge is 0.408 e. The highest BCUT2D eigenvalue weighted by Gasteiger charge is 2.68. The highest BCUT2D eigenvalue weighted by Crippen LogP contribution is 2.69. The minimum atomic E-state index is -0.756. The topological polar surface area (TPSA) is 197 Å². The molecule has 1 aromatic carbocycles. The van der Waals surface area contributed by atoms with E-state index in [1.54, 1.807) is 62.3 Å². The van der Waals surface area contributed by atoms with Gasteiger partial charge in [-0.1, -0.05) is 51.1 Å². The van der Waals surface area contributed by atoms with Gasteiger partial charge in [0.05, 0.1) is 0 Å². The number of nitrogens with one attached hydrogen (secondary N) is 3. The van der Waals surface area contributed by atoms with Gasteiger partial charge in [0.2, 0.25) is 0 Å². The number of esters is 3. The van der Waals surface area contributed by atoms with Crippen LogP contribution < -0.4 is 16.0 Å². The fraction of sp³-hybridized carbons (Fsp3) is 0.774. The Kier molecular flexibility index (Phi) is 18.2. The van der Waals surface area contributed by atoms with Crippen molar-refractivity contribution in [3.8, 4) is 0 Å². The summed E-state index contributed by atoms with van der Waals surface area (Å²) in [5.74, 6) is -1.45. The van der Waals surface area contributed by atoms with Crippen molar-refractivity contribution in [3.63, 3.8) is 0 Å². The van der Waals surface area contributed by atoms with E-state index in [0.29, 0.717) is 32.1 Å². The Balaban J connectivity index is 1.42. The van der Waals surface area contributed by atoms with E-state index in [0.717, 1.165) is 38.8 Å². The van der Waals surface area contributed by atoms with Gasteiger partial charge in [0.25, 0.3) is 0 Å². The van der Waals surface area contributed by atoms with E-state index in [2.05, 4.69) is 72.9 Å². The van der Waals surface area contributed by atoms with Crippen molar-refractivity contribution in [3.05, 3.63) is 35.9 Å². The molecular weight excluding hydrogens is 885 g/mol. The normalized spacial score (nSPS) is 29.2. The maximum atomic E-state index is 13.9. The SMILES string of the molecule is C[C@@H](CCCN(C)Cc1ccccc1)[C@H]1CC[C@H]2C3[C@H](OC(=O)CNC(=O)OC(C)(C)C)CC4C[C@H](OC(=O)CNC(=O)OC(C)(C)C)CC[C@]4(C)[C@H]3C[C@H](OC(=O)CNC(=O)OC(C)(C)C)[C@]12C. The van der Waals surface area contributed by atoms with E-state index in [1.807, 2.05) is 6.07 Å². The number of carbonyl (C=O) groups excluding carboxylic acids is 6. The number of alkyl carbamates (subject to hydrolysis) is 3. The summed E-state index contributed by atoms with van der Waals surface area (Å²) in [4.78, 5) is 80.9. The molecule has 69 heavy (non-hydrogen) atoms. The van der Waals surface area contributed by atoms with Crippen molar-refractivity contribution in [2.45, 2.75) is 183 Å². The van der Waals surface area contributed by atoms with Crippen LogP contribution in [0.5, 0.6) is 0 Å². The number of fused-ring (bicyclic) bond motifs is 5. The molecule has 0 heterocycles. The van der Waals surface area contributed by atoms with Crippen LogP contribution in [0.4, 0.5) is 14.4 Å². The molecule has 0 aliphatic heterocycles. The average Bonchev–Trinajstić information content (AvgIpc) is 3.58. The third-order valence-corrected chi connectivity index (χ3v) is 15.1. The summed E-state index contributed by atoms with van der Waals surface area (Å²) in [6.45, 7) is 23.3. The van der Waals surface area contributed by atoms with Crippen molar-refractivity contribution in [2.24, 2.45) is 46.3 Å². The Labute approximate surface area is 411 Å². The number of hydrogen-bond acceptors (Lipinski definition) is 13. The highest BCUT2D eigenvalue weighted by atomic mass is 16.6. The zero-order chi connectivity index (χ0) is 51.1. The molecule has 0 spiro atoms. The Hall–Kier alpha value is -4.60. The number of carbonyl (C=O) groups is 6. The molecule has 5 rings (SSSR count). The predicted molar refractivity (Wildman–Crippen MR) is 260 cm³/mol. The van der Waals surface area contributed by atoms with Crippen LogP contribution in [0.15, 0.2) is 30.3 Å². The molecule has 0 saturated heterocycles. The number of nitrogens with zero attached hydrogens (tertiary/aromatic N) is 1. The first kappa shape index (κ1) is 55.3. The molecule has 16 nitrogen and oxygen atoms in total. The van der Waals surface area contributed by atoms with Crippen molar-refractivity contribution in [1.29, 1.82) is 0 Å². The lowest BCUT2D eigenvalue weighted by Crippen LogP contribution is -2.64. The number of hydrogen-bond donors (Lipinski definition) is 3. The van der Waals surface area contributed by atoms with Gasteiger partial charge in [0.1, 0.15) is 54.7 Å². The zero-order valence-electron chi connectivity index (χ0n) is 43.8. The van der Waals surface area contributed by atoms with E-state index < -0.39 is 76.7 Å². The molecule has 3 amide bonds. The number of rotatable bonds is 16. The molecule has 1 aromatic rings. The van der Waals surface area contributed by atoms with Gasteiger partial charge < -0.3 is 49.3 Å². The van der Waals surface area contributed by atoms with Crippen LogP contribution >= 0.6 is 0 Å². The van der Waals surface area contributed by atoms with Crippen molar-refractivity contribution >= 4 is 36.2 Å². The molecule has 11 atom stereocenters. The van der Waals surface area contributed by atoms with Crippen molar-refractivity contribution in [2.75, 3.05) is 33.2 Å². The van der Waals surface area contributed by atoms with Gasteiger partial charge in [-0.25, -0.2) is 14.4 Å². The lowest BCUT2D eigenvalue weighted by Gasteiger charge is -2.64. The third kappa shape index (κ3) is 15.4. The molecule has 0 radical (unpaired) electrons. The summed E-state index contributed by atoms with van der Waals surface area (Å²) in [7, 11) is 2.15. The van der Waals surface area contributed by atoms with E-state index >= 15 is 0 Å². The minimum Gasteiger partial charge on any atom is -0.461 e. The van der Waals surface area contributed by atoms with Gasteiger partial charge in [0.15, 0.2) is 0 Å². The van der Waals surface area contributed by atoms with E-state index in [-0.39, 0.29) is 60.6 Å². The van der Waals surface area contributed by atoms with Crippen LogP contribution in [0.25, 0.3) is 0 Å². The highest BCUT2D eigenvalue weighted by molar-refractivity contribution is 5.79. The van der Waals surface area contributed by atoms with Crippen LogP contribution in [0.3, 0.4) is 0 Å².